The second-order valence-corrected chi connectivity index (χ2v) is 6.46. The van der Waals surface area contributed by atoms with Crippen LogP contribution in [0.4, 0.5) is 0 Å². The maximum atomic E-state index is 10.5. The summed E-state index contributed by atoms with van der Waals surface area (Å²) in [7, 11) is 0. The number of hydrogen-bond acceptors (Lipinski definition) is 3. The molecule has 0 radical (unpaired) electrons. The van der Waals surface area contributed by atoms with E-state index in [1.807, 2.05) is 6.92 Å². The van der Waals surface area contributed by atoms with E-state index < -0.39 is 5.97 Å². The van der Waals surface area contributed by atoms with E-state index in [1.54, 1.807) is 0 Å². The Labute approximate surface area is 109 Å². The van der Waals surface area contributed by atoms with Crippen LogP contribution in [0.3, 0.4) is 0 Å². The molecule has 3 atom stereocenters. The molecule has 1 aliphatic heterocycles. The first-order valence-corrected chi connectivity index (χ1v) is 6.99. The largest absolute Gasteiger partial charge is 0.480 e. The Bertz CT molecular complexity index is 312. The van der Waals surface area contributed by atoms with Crippen molar-refractivity contribution >= 4 is 5.97 Å². The smallest absolute Gasteiger partial charge is 0.329 e. The van der Waals surface area contributed by atoms with Crippen LogP contribution in [0.1, 0.15) is 40.0 Å². The second kappa shape index (κ2) is 5.17. The summed E-state index contributed by atoms with van der Waals surface area (Å²) in [6, 6.07) is 0.678. The van der Waals surface area contributed by atoms with E-state index in [9.17, 15) is 4.79 Å². The lowest BCUT2D eigenvalue weighted by Crippen LogP contribution is -2.65. The van der Waals surface area contributed by atoms with E-state index >= 15 is 0 Å². The molecule has 2 rings (SSSR count). The lowest BCUT2D eigenvalue weighted by molar-refractivity contribution is -0.172. The van der Waals surface area contributed by atoms with E-state index in [-0.39, 0.29) is 12.2 Å². The van der Waals surface area contributed by atoms with Crippen LogP contribution >= 0.6 is 0 Å². The molecule has 0 bridgehead atoms. The third-order valence-corrected chi connectivity index (χ3v) is 4.71. The molecule has 2 aliphatic rings. The molecule has 0 aromatic heterocycles. The molecule has 1 N–H and O–H groups in total. The fourth-order valence-electron chi connectivity index (χ4n) is 3.25. The molecule has 1 saturated carbocycles. The number of carbonyl (C=O) groups is 1. The molecule has 1 saturated heterocycles. The zero-order valence-electron chi connectivity index (χ0n) is 11.7. The van der Waals surface area contributed by atoms with Gasteiger partial charge in [-0.15, -0.1) is 0 Å². The van der Waals surface area contributed by atoms with Gasteiger partial charge in [0.25, 0.3) is 0 Å². The molecule has 1 heterocycles. The third kappa shape index (κ3) is 3.04. The normalized spacial score (nSPS) is 36.1. The summed E-state index contributed by atoms with van der Waals surface area (Å²) < 4.78 is 5.45. The quantitative estimate of drug-likeness (QED) is 0.834. The Morgan fingerprint density at radius 1 is 1.33 bits per heavy atom. The Morgan fingerprint density at radius 3 is 2.56 bits per heavy atom. The van der Waals surface area contributed by atoms with Crippen molar-refractivity contribution in [2.24, 2.45) is 11.8 Å². The van der Waals surface area contributed by atoms with Gasteiger partial charge in [0, 0.05) is 19.1 Å². The van der Waals surface area contributed by atoms with Gasteiger partial charge in [0.1, 0.15) is 6.61 Å². The highest BCUT2D eigenvalue weighted by molar-refractivity contribution is 5.68. The van der Waals surface area contributed by atoms with E-state index in [4.69, 9.17) is 9.84 Å². The number of likely N-dealkylation sites (tertiary alicyclic amines) is 1. The van der Waals surface area contributed by atoms with Crippen LogP contribution in [-0.4, -0.2) is 47.3 Å². The molecule has 4 heteroatoms. The maximum absolute atomic E-state index is 10.5. The summed E-state index contributed by atoms with van der Waals surface area (Å²) in [4.78, 5) is 13.0. The number of ether oxygens (including phenoxy) is 1. The number of nitrogens with zero attached hydrogens (tertiary/aromatic N) is 1. The molecule has 104 valence electrons. The van der Waals surface area contributed by atoms with Gasteiger partial charge in [0.2, 0.25) is 0 Å². The molecule has 0 aromatic rings. The Morgan fingerprint density at radius 2 is 2.00 bits per heavy atom. The van der Waals surface area contributed by atoms with E-state index in [1.165, 1.54) is 19.3 Å². The summed E-state index contributed by atoms with van der Waals surface area (Å²) in [6.45, 7) is 8.29. The van der Waals surface area contributed by atoms with Gasteiger partial charge in [0.05, 0.1) is 5.60 Å². The van der Waals surface area contributed by atoms with Crippen LogP contribution in [0, 0.1) is 11.8 Å². The van der Waals surface area contributed by atoms with Crippen molar-refractivity contribution in [1.29, 1.82) is 0 Å². The van der Waals surface area contributed by atoms with Crippen molar-refractivity contribution < 1.29 is 14.6 Å². The molecule has 18 heavy (non-hydrogen) atoms. The number of carboxylic acids is 1. The monoisotopic (exact) mass is 255 g/mol. The predicted octanol–water partition coefficient (Wildman–Crippen LogP) is 1.99. The molecular formula is C14H25NO3. The molecule has 4 nitrogen and oxygen atoms in total. The standard InChI is InChI=1S/C14H25NO3/c1-10-4-5-12(6-11(10)2)15-8-14(3,9-15)18-7-13(16)17/h10-12H,4-9H2,1-3H3,(H,16,17). The lowest BCUT2D eigenvalue weighted by atomic mass is 9.77. The minimum absolute atomic E-state index is 0.178. The average molecular weight is 255 g/mol. The van der Waals surface area contributed by atoms with E-state index in [0.29, 0.717) is 6.04 Å². The number of rotatable bonds is 4. The molecule has 0 spiro atoms. The van der Waals surface area contributed by atoms with Gasteiger partial charge in [0.15, 0.2) is 0 Å². The van der Waals surface area contributed by atoms with Crippen molar-refractivity contribution in [2.45, 2.75) is 51.7 Å². The van der Waals surface area contributed by atoms with Gasteiger partial charge in [-0.2, -0.15) is 0 Å². The number of carboxylic acid groups (broad SMARTS) is 1. The van der Waals surface area contributed by atoms with Gasteiger partial charge < -0.3 is 9.84 Å². The molecule has 2 fully saturated rings. The SMILES string of the molecule is CC1CCC(N2CC(C)(OCC(=O)O)C2)CC1C. The minimum Gasteiger partial charge on any atom is -0.480 e. The summed E-state index contributed by atoms with van der Waals surface area (Å²) in [6.07, 6.45) is 3.87. The number of aliphatic carboxylic acids is 1. The predicted molar refractivity (Wildman–Crippen MR) is 69.5 cm³/mol. The topological polar surface area (TPSA) is 49.8 Å². The minimum atomic E-state index is -0.880. The van der Waals surface area contributed by atoms with Gasteiger partial charge in [-0.1, -0.05) is 13.8 Å². The number of hydrogen-bond donors (Lipinski definition) is 1. The van der Waals surface area contributed by atoms with E-state index in [2.05, 4.69) is 18.7 Å². The summed E-state index contributed by atoms with van der Waals surface area (Å²) in [5.74, 6) is 0.766. The van der Waals surface area contributed by atoms with E-state index in [0.717, 1.165) is 24.9 Å². The molecule has 0 aromatic carbocycles. The second-order valence-electron chi connectivity index (χ2n) is 6.46. The van der Waals surface area contributed by atoms with Crippen LogP contribution in [0.2, 0.25) is 0 Å². The molecule has 1 aliphatic carbocycles. The van der Waals surface area contributed by atoms with Gasteiger partial charge >= 0.3 is 5.97 Å². The van der Waals surface area contributed by atoms with Crippen LogP contribution in [0.25, 0.3) is 0 Å². The summed E-state index contributed by atoms with van der Waals surface area (Å²) in [5.41, 5.74) is -0.245. The van der Waals surface area contributed by atoms with Gasteiger partial charge in [-0.25, -0.2) is 4.79 Å². The Hall–Kier alpha value is -0.610. The van der Waals surface area contributed by atoms with Crippen molar-refractivity contribution in [1.82, 2.24) is 4.90 Å². The highest BCUT2D eigenvalue weighted by atomic mass is 16.5. The highest BCUT2D eigenvalue weighted by Crippen LogP contribution is 2.36. The summed E-state index contributed by atoms with van der Waals surface area (Å²) in [5, 5.41) is 8.64. The highest BCUT2D eigenvalue weighted by Gasteiger charge is 2.44. The Kier molecular flexibility index (Phi) is 3.97. The summed E-state index contributed by atoms with van der Waals surface area (Å²) >= 11 is 0. The first-order chi connectivity index (χ1) is 8.39. The maximum Gasteiger partial charge on any atom is 0.329 e. The van der Waals surface area contributed by atoms with Crippen LogP contribution < -0.4 is 0 Å². The molecule has 0 amide bonds. The Balaban J connectivity index is 1.76. The molecular weight excluding hydrogens is 230 g/mol. The lowest BCUT2D eigenvalue weighted by Gasteiger charge is -2.52. The third-order valence-electron chi connectivity index (χ3n) is 4.71. The fraction of sp³-hybridized carbons (Fsp3) is 0.929. The van der Waals surface area contributed by atoms with Crippen molar-refractivity contribution in [3.63, 3.8) is 0 Å². The zero-order chi connectivity index (χ0) is 13.3. The van der Waals surface area contributed by atoms with Crippen LogP contribution in [0.5, 0.6) is 0 Å². The van der Waals surface area contributed by atoms with Crippen LogP contribution in [0.15, 0.2) is 0 Å². The van der Waals surface area contributed by atoms with Crippen molar-refractivity contribution in [3.8, 4) is 0 Å². The van der Waals surface area contributed by atoms with Crippen molar-refractivity contribution in [3.05, 3.63) is 0 Å². The zero-order valence-corrected chi connectivity index (χ0v) is 11.7. The fourth-order valence-corrected chi connectivity index (χ4v) is 3.25. The molecule has 3 unspecified atom stereocenters. The average Bonchev–Trinajstić information content (AvgIpc) is 2.26. The first kappa shape index (κ1) is 13.8. The first-order valence-electron chi connectivity index (χ1n) is 6.99. The van der Waals surface area contributed by atoms with Gasteiger partial charge in [-0.3, -0.25) is 4.90 Å². The van der Waals surface area contributed by atoms with Crippen molar-refractivity contribution in [2.75, 3.05) is 19.7 Å². The van der Waals surface area contributed by atoms with Crippen LogP contribution in [-0.2, 0) is 9.53 Å². The van der Waals surface area contributed by atoms with Gasteiger partial charge in [-0.05, 0) is 38.0 Å².